The van der Waals surface area contributed by atoms with Crippen LogP contribution in [0.25, 0.3) is 0 Å². The quantitative estimate of drug-likeness (QED) is 0.737. The molecule has 18 heavy (non-hydrogen) atoms. The van der Waals surface area contributed by atoms with Crippen molar-refractivity contribution >= 4 is 11.8 Å². The van der Waals surface area contributed by atoms with Crippen molar-refractivity contribution < 1.29 is 14.3 Å². The van der Waals surface area contributed by atoms with Gasteiger partial charge in [0.25, 0.3) is 0 Å². The molecule has 96 valence electrons. The van der Waals surface area contributed by atoms with Crippen molar-refractivity contribution in [3.8, 4) is 0 Å². The van der Waals surface area contributed by atoms with Crippen LogP contribution >= 0.6 is 0 Å². The molecular weight excluding hydrogens is 232 g/mol. The molecule has 1 fully saturated rings. The van der Waals surface area contributed by atoms with Crippen LogP contribution in [0.2, 0.25) is 0 Å². The molecule has 0 spiro atoms. The maximum Gasteiger partial charge on any atom is 0.244 e. The maximum absolute atomic E-state index is 11.4. The summed E-state index contributed by atoms with van der Waals surface area (Å²) in [5, 5.41) is 5.35. The topological polar surface area (TPSA) is 67.4 Å². The Balaban J connectivity index is 1.91. The SMILES string of the molecule is COCc1cccc(CNC2CC(=O)NC2=O)c1. The number of ether oxygens (including phenoxy) is 1. The molecule has 2 N–H and O–H groups in total. The lowest BCUT2D eigenvalue weighted by molar-refractivity contribution is -0.125. The molecular formula is C13H16N2O3. The van der Waals surface area contributed by atoms with Gasteiger partial charge in [0.15, 0.2) is 0 Å². The zero-order valence-corrected chi connectivity index (χ0v) is 10.2. The third-order valence-corrected chi connectivity index (χ3v) is 2.82. The average molecular weight is 248 g/mol. The molecule has 1 aliphatic heterocycles. The lowest BCUT2D eigenvalue weighted by atomic mass is 10.1. The summed E-state index contributed by atoms with van der Waals surface area (Å²) in [5.74, 6) is -0.460. The van der Waals surface area contributed by atoms with Crippen LogP contribution in [0.3, 0.4) is 0 Å². The summed E-state index contributed by atoms with van der Waals surface area (Å²) in [5.41, 5.74) is 2.15. The van der Waals surface area contributed by atoms with E-state index in [2.05, 4.69) is 10.6 Å². The summed E-state index contributed by atoms with van der Waals surface area (Å²) in [7, 11) is 1.65. The number of rotatable bonds is 5. The first kappa shape index (κ1) is 12.7. The van der Waals surface area contributed by atoms with Crippen LogP contribution in [0.15, 0.2) is 24.3 Å². The second kappa shape index (κ2) is 5.75. The van der Waals surface area contributed by atoms with Crippen molar-refractivity contribution in [3.63, 3.8) is 0 Å². The summed E-state index contributed by atoms with van der Waals surface area (Å²) in [6, 6.07) is 7.51. The fraction of sp³-hybridized carbons (Fsp3) is 0.385. The van der Waals surface area contributed by atoms with E-state index in [4.69, 9.17) is 4.74 Å². The molecule has 1 aromatic rings. The Kier molecular flexibility index (Phi) is 4.07. The van der Waals surface area contributed by atoms with E-state index in [9.17, 15) is 9.59 Å². The van der Waals surface area contributed by atoms with Gasteiger partial charge >= 0.3 is 0 Å². The molecule has 0 aromatic heterocycles. The van der Waals surface area contributed by atoms with Crippen LogP contribution in [-0.2, 0) is 27.5 Å². The van der Waals surface area contributed by atoms with E-state index in [1.54, 1.807) is 7.11 Å². The lowest BCUT2D eigenvalue weighted by Crippen LogP contribution is -2.35. The van der Waals surface area contributed by atoms with Crippen LogP contribution in [0, 0.1) is 0 Å². The van der Waals surface area contributed by atoms with Gasteiger partial charge in [-0.15, -0.1) is 0 Å². The molecule has 5 heteroatoms. The van der Waals surface area contributed by atoms with Crippen LogP contribution in [-0.4, -0.2) is 25.0 Å². The lowest BCUT2D eigenvalue weighted by Gasteiger charge is -2.10. The number of nitrogens with one attached hydrogen (secondary N) is 2. The Morgan fingerprint density at radius 2 is 2.17 bits per heavy atom. The zero-order chi connectivity index (χ0) is 13.0. The van der Waals surface area contributed by atoms with E-state index in [1.165, 1.54) is 0 Å². The minimum absolute atomic E-state index is 0.217. The number of methoxy groups -OCH3 is 1. The standard InChI is InChI=1S/C13H16N2O3/c1-18-8-10-4-2-3-9(5-10)7-14-11-6-12(16)15-13(11)17/h2-5,11,14H,6-8H2,1H3,(H,15,16,17). The van der Waals surface area contributed by atoms with Gasteiger partial charge in [0.2, 0.25) is 11.8 Å². The van der Waals surface area contributed by atoms with E-state index in [0.717, 1.165) is 11.1 Å². The van der Waals surface area contributed by atoms with Crippen molar-refractivity contribution in [2.75, 3.05) is 7.11 Å². The molecule has 0 radical (unpaired) electrons. The van der Waals surface area contributed by atoms with Crippen LogP contribution in [0.1, 0.15) is 17.5 Å². The first-order valence-electron chi connectivity index (χ1n) is 5.83. The Hall–Kier alpha value is -1.72. The van der Waals surface area contributed by atoms with Gasteiger partial charge in [0.1, 0.15) is 0 Å². The summed E-state index contributed by atoms with van der Waals surface area (Å²) in [6.07, 6.45) is 0.219. The predicted molar refractivity (Wildman–Crippen MR) is 65.5 cm³/mol. The van der Waals surface area contributed by atoms with Crippen LogP contribution in [0.4, 0.5) is 0 Å². The van der Waals surface area contributed by atoms with E-state index >= 15 is 0 Å². The highest BCUT2D eigenvalue weighted by Gasteiger charge is 2.29. The number of benzene rings is 1. The number of imide groups is 1. The Bertz CT molecular complexity index is 459. The minimum atomic E-state index is -0.413. The Morgan fingerprint density at radius 3 is 2.83 bits per heavy atom. The molecule has 1 aliphatic rings. The molecule has 1 heterocycles. The average Bonchev–Trinajstić information content (AvgIpc) is 2.66. The summed E-state index contributed by atoms with van der Waals surface area (Å²) < 4.78 is 5.06. The summed E-state index contributed by atoms with van der Waals surface area (Å²) in [6.45, 7) is 1.12. The van der Waals surface area contributed by atoms with E-state index in [1.807, 2.05) is 24.3 Å². The van der Waals surface area contributed by atoms with Gasteiger partial charge in [-0.3, -0.25) is 14.9 Å². The first-order valence-corrected chi connectivity index (χ1v) is 5.83. The van der Waals surface area contributed by atoms with E-state index in [0.29, 0.717) is 13.2 Å². The second-order valence-electron chi connectivity index (χ2n) is 4.30. The molecule has 1 saturated heterocycles. The molecule has 1 aromatic carbocycles. The van der Waals surface area contributed by atoms with Crippen molar-refractivity contribution in [2.45, 2.75) is 25.6 Å². The molecule has 5 nitrogen and oxygen atoms in total. The second-order valence-corrected chi connectivity index (χ2v) is 4.30. The van der Waals surface area contributed by atoms with Crippen molar-refractivity contribution in [1.29, 1.82) is 0 Å². The fourth-order valence-electron chi connectivity index (χ4n) is 1.96. The van der Waals surface area contributed by atoms with Crippen molar-refractivity contribution in [2.24, 2.45) is 0 Å². The van der Waals surface area contributed by atoms with Gasteiger partial charge in [-0.05, 0) is 11.1 Å². The number of carbonyl (C=O) groups is 2. The third-order valence-electron chi connectivity index (χ3n) is 2.82. The monoisotopic (exact) mass is 248 g/mol. The van der Waals surface area contributed by atoms with Gasteiger partial charge < -0.3 is 10.1 Å². The van der Waals surface area contributed by atoms with Gasteiger partial charge in [-0.1, -0.05) is 24.3 Å². The minimum Gasteiger partial charge on any atom is -0.380 e. The Labute approximate surface area is 106 Å². The number of amides is 2. The van der Waals surface area contributed by atoms with E-state index < -0.39 is 6.04 Å². The highest BCUT2D eigenvalue weighted by molar-refractivity contribution is 6.05. The molecule has 0 saturated carbocycles. The van der Waals surface area contributed by atoms with Crippen LogP contribution < -0.4 is 10.6 Å². The number of hydrogen-bond donors (Lipinski definition) is 2. The first-order chi connectivity index (χ1) is 8.69. The number of carbonyl (C=O) groups excluding carboxylic acids is 2. The zero-order valence-electron chi connectivity index (χ0n) is 10.2. The smallest absolute Gasteiger partial charge is 0.244 e. The highest BCUT2D eigenvalue weighted by atomic mass is 16.5. The van der Waals surface area contributed by atoms with E-state index in [-0.39, 0.29) is 18.2 Å². The van der Waals surface area contributed by atoms with Crippen molar-refractivity contribution in [1.82, 2.24) is 10.6 Å². The Morgan fingerprint density at radius 1 is 1.39 bits per heavy atom. The molecule has 0 aliphatic carbocycles. The largest absolute Gasteiger partial charge is 0.380 e. The molecule has 2 rings (SSSR count). The molecule has 1 unspecified atom stereocenters. The summed E-state index contributed by atoms with van der Waals surface area (Å²) in [4.78, 5) is 22.4. The molecule has 1 atom stereocenters. The predicted octanol–water partition coefficient (Wildman–Crippen LogP) is 0.338. The van der Waals surface area contributed by atoms with Gasteiger partial charge in [-0.2, -0.15) is 0 Å². The van der Waals surface area contributed by atoms with Gasteiger partial charge in [-0.25, -0.2) is 0 Å². The number of hydrogen-bond acceptors (Lipinski definition) is 4. The maximum atomic E-state index is 11.4. The van der Waals surface area contributed by atoms with Gasteiger partial charge in [0.05, 0.1) is 19.1 Å². The summed E-state index contributed by atoms with van der Waals surface area (Å²) >= 11 is 0. The van der Waals surface area contributed by atoms with Crippen molar-refractivity contribution in [3.05, 3.63) is 35.4 Å². The van der Waals surface area contributed by atoms with Crippen LogP contribution in [0.5, 0.6) is 0 Å². The van der Waals surface area contributed by atoms with Gasteiger partial charge in [0, 0.05) is 13.7 Å². The fourth-order valence-corrected chi connectivity index (χ4v) is 1.96. The normalized spacial score (nSPS) is 19.1. The third kappa shape index (κ3) is 3.15. The molecule has 0 bridgehead atoms. The highest BCUT2D eigenvalue weighted by Crippen LogP contribution is 2.08. The molecule has 2 amide bonds.